The minimum atomic E-state index is -0.386. The number of hydrogen-bond acceptors (Lipinski definition) is 2. The predicted octanol–water partition coefficient (Wildman–Crippen LogP) is 4.06. The van der Waals surface area contributed by atoms with E-state index in [1.54, 1.807) is 0 Å². The zero-order valence-electron chi connectivity index (χ0n) is 9.91. The quantitative estimate of drug-likeness (QED) is 0.868. The number of nitrogen functional groups attached to an aromatic ring is 1. The van der Waals surface area contributed by atoms with Crippen molar-refractivity contribution in [3.63, 3.8) is 0 Å². The Kier molecular flexibility index (Phi) is 3.87. The van der Waals surface area contributed by atoms with Gasteiger partial charge in [0, 0.05) is 6.07 Å². The van der Waals surface area contributed by atoms with Crippen LogP contribution in [0.5, 0.6) is 5.75 Å². The molecular weight excluding hydrogens is 297 g/mol. The van der Waals surface area contributed by atoms with Crippen LogP contribution in [0.4, 0.5) is 10.1 Å². The molecule has 0 fully saturated rings. The predicted molar refractivity (Wildman–Crippen MR) is 74.0 cm³/mol. The summed E-state index contributed by atoms with van der Waals surface area (Å²) >= 11 is 3.08. The van der Waals surface area contributed by atoms with Gasteiger partial charge in [-0.25, -0.2) is 4.39 Å². The lowest BCUT2D eigenvalue weighted by Crippen LogP contribution is -2.00. The first-order valence-electron chi connectivity index (χ1n) is 5.49. The summed E-state index contributed by atoms with van der Waals surface area (Å²) in [4.78, 5) is 0. The highest BCUT2D eigenvalue weighted by atomic mass is 79.9. The molecule has 2 rings (SSSR count). The molecule has 0 aliphatic rings. The normalized spacial score (nSPS) is 10.4. The average Bonchev–Trinajstić information content (AvgIpc) is 2.32. The van der Waals surface area contributed by atoms with Crippen LogP contribution >= 0.6 is 15.9 Å². The number of hydrogen-bond donors (Lipinski definition) is 1. The zero-order valence-corrected chi connectivity index (χ0v) is 11.5. The highest BCUT2D eigenvalue weighted by molar-refractivity contribution is 9.10. The van der Waals surface area contributed by atoms with Gasteiger partial charge in [-0.15, -0.1) is 0 Å². The Balaban J connectivity index is 2.13. The van der Waals surface area contributed by atoms with Gasteiger partial charge in [0.25, 0.3) is 0 Å². The average molecular weight is 310 g/mol. The van der Waals surface area contributed by atoms with E-state index < -0.39 is 0 Å². The first kappa shape index (κ1) is 12.9. The van der Waals surface area contributed by atoms with E-state index in [-0.39, 0.29) is 5.82 Å². The first-order valence-corrected chi connectivity index (χ1v) is 6.28. The lowest BCUT2D eigenvalue weighted by molar-refractivity contribution is 0.306. The van der Waals surface area contributed by atoms with Gasteiger partial charge in [0.05, 0.1) is 10.2 Å². The zero-order chi connectivity index (χ0) is 13.1. The Morgan fingerprint density at radius 1 is 1.28 bits per heavy atom. The van der Waals surface area contributed by atoms with E-state index in [2.05, 4.69) is 15.9 Å². The second kappa shape index (κ2) is 5.40. The summed E-state index contributed by atoms with van der Waals surface area (Å²) < 4.78 is 19.2. The van der Waals surface area contributed by atoms with Crippen molar-refractivity contribution in [1.82, 2.24) is 0 Å². The van der Waals surface area contributed by atoms with Gasteiger partial charge in [-0.3, -0.25) is 0 Å². The van der Waals surface area contributed by atoms with Crippen LogP contribution in [0.2, 0.25) is 0 Å². The fourth-order valence-electron chi connectivity index (χ4n) is 1.63. The Bertz CT molecular complexity index is 572. The summed E-state index contributed by atoms with van der Waals surface area (Å²) in [5.41, 5.74) is 8.36. The SMILES string of the molecule is Cc1cccc(COc2cc(F)c(Br)cc2N)c1. The number of rotatable bonds is 3. The molecule has 94 valence electrons. The second-order valence-corrected chi connectivity index (χ2v) is 4.94. The molecule has 0 aliphatic heterocycles. The van der Waals surface area contributed by atoms with Gasteiger partial charge in [0.15, 0.2) is 0 Å². The highest BCUT2D eigenvalue weighted by Gasteiger charge is 2.07. The number of anilines is 1. The maximum Gasteiger partial charge on any atom is 0.145 e. The van der Waals surface area contributed by atoms with Gasteiger partial charge in [-0.1, -0.05) is 29.8 Å². The van der Waals surface area contributed by atoms with E-state index >= 15 is 0 Å². The van der Waals surface area contributed by atoms with Crippen LogP contribution in [-0.4, -0.2) is 0 Å². The third-order valence-electron chi connectivity index (χ3n) is 2.53. The van der Waals surface area contributed by atoms with Crippen molar-refractivity contribution in [2.75, 3.05) is 5.73 Å². The smallest absolute Gasteiger partial charge is 0.145 e. The van der Waals surface area contributed by atoms with E-state index in [1.807, 2.05) is 31.2 Å². The van der Waals surface area contributed by atoms with Gasteiger partial charge in [0.1, 0.15) is 18.2 Å². The molecular formula is C14H13BrFNO. The van der Waals surface area contributed by atoms with Gasteiger partial charge < -0.3 is 10.5 Å². The van der Waals surface area contributed by atoms with Crippen molar-refractivity contribution in [2.45, 2.75) is 13.5 Å². The molecule has 2 nitrogen and oxygen atoms in total. The molecule has 0 saturated heterocycles. The lowest BCUT2D eigenvalue weighted by Gasteiger charge is -2.10. The van der Waals surface area contributed by atoms with Crippen molar-refractivity contribution in [1.29, 1.82) is 0 Å². The molecule has 0 amide bonds. The molecule has 0 atom stereocenters. The fourth-order valence-corrected chi connectivity index (χ4v) is 1.99. The van der Waals surface area contributed by atoms with Gasteiger partial charge in [0.2, 0.25) is 0 Å². The minimum Gasteiger partial charge on any atom is -0.487 e. The molecule has 0 bridgehead atoms. The Labute approximate surface area is 114 Å². The van der Waals surface area contributed by atoms with Crippen LogP contribution in [0, 0.1) is 12.7 Å². The Morgan fingerprint density at radius 3 is 2.78 bits per heavy atom. The van der Waals surface area contributed by atoms with E-state index in [1.165, 1.54) is 12.1 Å². The van der Waals surface area contributed by atoms with E-state index in [0.29, 0.717) is 22.5 Å². The number of aryl methyl sites for hydroxylation is 1. The molecule has 0 aromatic heterocycles. The summed E-state index contributed by atoms with van der Waals surface area (Å²) in [5, 5.41) is 0. The molecule has 0 unspecified atom stereocenters. The third kappa shape index (κ3) is 3.01. The van der Waals surface area contributed by atoms with Crippen LogP contribution in [0.15, 0.2) is 40.9 Å². The van der Waals surface area contributed by atoms with Crippen molar-refractivity contribution in [3.8, 4) is 5.75 Å². The highest BCUT2D eigenvalue weighted by Crippen LogP contribution is 2.28. The summed E-state index contributed by atoms with van der Waals surface area (Å²) in [6.45, 7) is 2.38. The van der Waals surface area contributed by atoms with Crippen molar-refractivity contribution in [2.24, 2.45) is 0 Å². The molecule has 18 heavy (non-hydrogen) atoms. The summed E-state index contributed by atoms with van der Waals surface area (Å²) in [5.74, 6) is -0.0272. The van der Waals surface area contributed by atoms with E-state index in [4.69, 9.17) is 10.5 Å². The molecule has 0 saturated carbocycles. The third-order valence-corrected chi connectivity index (χ3v) is 3.14. The van der Waals surface area contributed by atoms with E-state index in [0.717, 1.165) is 11.1 Å². The monoisotopic (exact) mass is 309 g/mol. The maximum absolute atomic E-state index is 13.4. The molecule has 2 N–H and O–H groups in total. The number of ether oxygens (including phenoxy) is 1. The molecule has 2 aromatic rings. The maximum atomic E-state index is 13.4. The van der Waals surface area contributed by atoms with Gasteiger partial charge in [-0.2, -0.15) is 0 Å². The molecule has 0 aliphatic carbocycles. The van der Waals surface area contributed by atoms with Crippen LogP contribution in [0.25, 0.3) is 0 Å². The Hall–Kier alpha value is -1.55. The fraction of sp³-hybridized carbons (Fsp3) is 0.143. The van der Waals surface area contributed by atoms with Crippen molar-refractivity contribution < 1.29 is 9.13 Å². The summed E-state index contributed by atoms with van der Waals surface area (Å²) in [6, 6.07) is 10.7. The van der Waals surface area contributed by atoms with Crippen molar-refractivity contribution in [3.05, 3.63) is 57.8 Å². The number of halogens is 2. The van der Waals surface area contributed by atoms with Crippen LogP contribution < -0.4 is 10.5 Å². The summed E-state index contributed by atoms with van der Waals surface area (Å²) in [7, 11) is 0. The van der Waals surface area contributed by atoms with Gasteiger partial charge >= 0.3 is 0 Å². The van der Waals surface area contributed by atoms with Gasteiger partial charge in [-0.05, 0) is 34.5 Å². The molecule has 0 heterocycles. The number of benzene rings is 2. The summed E-state index contributed by atoms with van der Waals surface area (Å²) in [6.07, 6.45) is 0. The molecule has 2 aromatic carbocycles. The van der Waals surface area contributed by atoms with E-state index in [9.17, 15) is 4.39 Å². The largest absolute Gasteiger partial charge is 0.487 e. The molecule has 0 radical (unpaired) electrons. The van der Waals surface area contributed by atoms with Crippen LogP contribution in [0.1, 0.15) is 11.1 Å². The number of nitrogens with two attached hydrogens (primary N) is 1. The molecule has 0 spiro atoms. The minimum absolute atomic E-state index is 0.336. The Morgan fingerprint density at radius 2 is 2.06 bits per heavy atom. The van der Waals surface area contributed by atoms with Crippen molar-refractivity contribution >= 4 is 21.6 Å². The topological polar surface area (TPSA) is 35.2 Å². The van der Waals surface area contributed by atoms with Crippen LogP contribution in [0.3, 0.4) is 0 Å². The first-order chi connectivity index (χ1) is 8.56. The van der Waals surface area contributed by atoms with Crippen LogP contribution in [-0.2, 0) is 6.61 Å². The standard InChI is InChI=1S/C14H13BrFNO/c1-9-3-2-4-10(5-9)8-18-14-7-12(16)11(15)6-13(14)17/h2-7H,8,17H2,1H3. The molecule has 4 heteroatoms. The lowest BCUT2D eigenvalue weighted by atomic mass is 10.1. The second-order valence-electron chi connectivity index (χ2n) is 4.08.